The first-order valence-corrected chi connectivity index (χ1v) is 9.25. The zero-order valence-electron chi connectivity index (χ0n) is 11.6. The van der Waals surface area contributed by atoms with Gasteiger partial charge in [-0.25, -0.2) is 12.8 Å². The van der Waals surface area contributed by atoms with Gasteiger partial charge in [-0.3, -0.25) is 4.72 Å². The minimum atomic E-state index is -3.79. The van der Waals surface area contributed by atoms with Crippen molar-refractivity contribution >= 4 is 38.3 Å². The molecule has 1 aromatic carbocycles. The first kappa shape index (κ1) is 16.2. The van der Waals surface area contributed by atoms with E-state index < -0.39 is 15.8 Å². The predicted octanol–water partition coefficient (Wildman–Crippen LogP) is 3.29. The van der Waals surface area contributed by atoms with Crippen molar-refractivity contribution in [3.05, 3.63) is 29.6 Å². The van der Waals surface area contributed by atoms with Gasteiger partial charge in [0.1, 0.15) is 5.82 Å². The molecule has 1 aromatic heterocycles. The Kier molecular flexibility index (Phi) is 4.84. The lowest BCUT2D eigenvalue weighted by molar-refractivity contribution is 0.598. The maximum Gasteiger partial charge on any atom is 0.263 e. The smallest absolute Gasteiger partial charge is 0.253 e. The van der Waals surface area contributed by atoms with E-state index in [1.165, 1.54) is 42.2 Å². The van der Waals surface area contributed by atoms with Gasteiger partial charge in [-0.1, -0.05) is 36.9 Å². The zero-order valence-corrected chi connectivity index (χ0v) is 14.1. The van der Waals surface area contributed by atoms with Crippen LogP contribution in [-0.4, -0.2) is 23.9 Å². The first-order valence-electron chi connectivity index (χ1n) is 6.07. The summed E-state index contributed by atoms with van der Waals surface area (Å²) in [4.78, 5) is -0.00494. The molecule has 1 N–H and O–H groups in total. The van der Waals surface area contributed by atoms with Gasteiger partial charge in [0.15, 0.2) is 4.34 Å². The molecule has 0 unspecified atom stereocenters. The number of halogens is 1. The van der Waals surface area contributed by atoms with Crippen molar-refractivity contribution in [2.75, 3.05) is 4.72 Å². The number of rotatable bonds is 5. The van der Waals surface area contributed by atoms with Crippen LogP contribution < -0.4 is 4.72 Å². The molecule has 0 bridgehead atoms. The Morgan fingerprint density at radius 1 is 1.33 bits per heavy atom. The summed E-state index contributed by atoms with van der Waals surface area (Å²) < 4.78 is 40.6. The number of aromatic nitrogens is 2. The van der Waals surface area contributed by atoms with E-state index in [9.17, 15) is 12.8 Å². The number of benzene rings is 1. The van der Waals surface area contributed by atoms with Crippen LogP contribution in [0.2, 0.25) is 0 Å². The summed E-state index contributed by atoms with van der Waals surface area (Å²) in [6, 6.07) is 3.63. The van der Waals surface area contributed by atoms with E-state index in [-0.39, 0.29) is 15.6 Å². The first-order chi connectivity index (χ1) is 9.78. The van der Waals surface area contributed by atoms with E-state index in [1.54, 1.807) is 0 Å². The van der Waals surface area contributed by atoms with Crippen LogP contribution in [0, 0.1) is 12.7 Å². The molecule has 0 aliphatic heterocycles. The summed E-state index contributed by atoms with van der Waals surface area (Å²) in [5.74, 6) is -0.444. The second-order valence-corrected chi connectivity index (χ2v) is 9.04. The van der Waals surface area contributed by atoms with Crippen molar-refractivity contribution in [2.45, 2.75) is 35.3 Å². The Labute approximate surface area is 131 Å². The van der Waals surface area contributed by atoms with E-state index in [0.29, 0.717) is 9.59 Å². The summed E-state index contributed by atoms with van der Waals surface area (Å²) >= 11 is 2.67. The molecule has 1 heterocycles. The highest BCUT2D eigenvalue weighted by Crippen LogP contribution is 2.29. The lowest BCUT2D eigenvalue weighted by atomic mass is 10.2. The molecule has 2 aromatic rings. The molecular formula is C12H14FN3O2S3. The molecule has 5 nitrogen and oxygen atoms in total. The average molecular weight is 347 g/mol. The highest BCUT2D eigenvalue weighted by molar-refractivity contribution is 8.01. The molecule has 9 heteroatoms. The van der Waals surface area contributed by atoms with Crippen molar-refractivity contribution < 1.29 is 12.8 Å². The summed E-state index contributed by atoms with van der Waals surface area (Å²) in [6.45, 7) is 5.53. The Bertz CT molecular complexity index is 744. The summed E-state index contributed by atoms with van der Waals surface area (Å²) in [7, 11) is -3.79. The van der Waals surface area contributed by atoms with E-state index in [0.717, 1.165) is 6.07 Å². The maximum absolute atomic E-state index is 13.2. The number of hydrogen-bond acceptors (Lipinski definition) is 6. The van der Waals surface area contributed by atoms with Gasteiger partial charge >= 0.3 is 0 Å². The maximum atomic E-state index is 13.2. The average Bonchev–Trinajstić information content (AvgIpc) is 2.78. The van der Waals surface area contributed by atoms with Crippen LogP contribution in [-0.2, 0) is 10.0 Å². The minimum Gasteiger partial charge on any atom is -0.253 e. The lowest BCUT2D eigenvalue weighted by Crippen LogP contribution is -2.13. The molecule has 0 spiro atoms. The van der Waals surface area contributed by atoms with Crippen molar-refractivity contribution in [1.29, 1.82) is 0 Å². The molecule has 2 rings (SSSR count). The minimum absolute atomic E-state index is 0.00494. The van der Waals surface area contributed by atoms with Crippen LogP contribution in [0.3, 0.4) is 0 Å². The van der Waals surface area contributed by atoms with Crippen molar-refractivity contribution in [3.8, 4) is 0 Å². The van der Waals surface area contributed by atoms with Gasteiger partial charge in [0.2, 0.25) is 5.13 Å². The highest BCUT2D eigenvalue weighted by atomic mass is 32.2. The summed E-state index contributed by atoms with van der Waals surface area (Å²) in [6.07, 6.45) is 0. The fourth-order valence-electron chi connectivity index (χ4n) is 1.46. The van der Waals surface area contributed by atoms with Gasteiger partial charge in [-0.2, -0.15) is 0 Å². The molecule has 0 amide bonds. The molecule has 0 saturated heterocycles. The Balaban J connectivity index is 2.20. The zero-order chi connectivity index (χ0) is 15.6. The van der Waals surface area contributed by atoms with Crippen LogP contribution >= 0.6 is 23.1 Å². The van der Waals surface area contributed by atoms with Gasteiger partial charge in [0, 0.05) is 5.25 Å². The van der Waals surface area contributed by atoms with E-state index in [1.807, 2.05) is 13.8 Å². The largest absolute Gasteiger partial charge is 0.263 e. The molecular weight excluding hydrogens is 333 g/mol. The lowest BCUT2D eigenvalue weighted by Gasteiger charge is -2.05. The van der Waals surface area contributed by atoms with Gasteiger partial charge in [0.25, 0.3) is 10.0 Å². The molecule has 0 aliphatic rings. The molecule has 0 atom stereocenters. The molecule has 114 valence electrons. The van der Waals surface area contributed by atoms with Crippen LogP contribution in [0.1, 0.15) is 19.4 Å². The molecule has 0 saturated carbocycles. The topological polar surface area (TPSA) is 72.0 Å². The number of thioether (sulfide) groups is 1. The van der Waals surface area contributed by atoms with E-state index in [4.69, 9.17) is 0 Å². The number of sulfonamides is 1. The van der Waals surface area contributed by atoms with E-state index in [2.05, 4.69) is 14.9 Å². The fourth-order valence-corrected chi connectivity index (χ4v) is 4.75. The number of hydrogen-bond donors (Lipinski definition) is 1. The van der Waals surface area contributed by atoms with Crippen LogP contribution in [0.25, 0.3) is 0 Å². The third kappa shape index (κ3) is 4.14. The molecule has 21 heavy (non-hydrogen) atoms. The highest BCUT2D eigenvalue weighted by Gasteiger charge is 2.18. The molecule has 0 fully saturated rings. The Hall–Kier alpha value is -1.19. The summed E-state index contributed by atoms with van der Waals surface area (Å²) in [5.41, 5.74) is 0.270. The van der Waals surface area contributed by atoms with Crippen LogP contribution in [0.15, 0.2) is 27.4 Å². The van der Waals surface area contributed by atoms with Crippen molar-refractivity contribution in [1.82, 2.24) is 10.2 Å². The number of nitrogens with zero attached hydrogens (tertiary/aromatic N) is 2. The second-order valence-electron chi connectivity index (χ2n) is 4.56. The standard InChI is InChI=1S/C12H14FN3O2S3/c1-7(2)19-12-15-14-11(20-12)16-21(17,18)9-4-5-10(13)8(3)6-9/h4-7H,1-3H3,(H,14,16). The predicted molar refractivity (Wildman–Crippen MR) is 82.8 cm³/mol. The van der Waals surface area contributed by atoms with Gasteiger partial charge in [-0.05, 0) is 30.7 Å². The van der Waals surface area contributed by atoms with Crippen molar-refractivity contribution in [3.63, 3.8) is 0 Å². The fraction of sp³-hybridized carbons (Fsp3) is 0.333. The normalized spacial score (nSPS) is 11.9. The van der Waals surface area contributed by atoms with Gasteiger partial charge < -0.3 is 0 Å². The third-order valence-electron chi connectivity index (χ3n) is 2.40. The van der Waals surface area contributed by atoms with Crippen LogP contribution in [0.4, 0.5) is 9.52 Å². The Morgan fingerprint density at radius 2 is 2.05 bits per heavy atom. The van der Waals surface area contributed by atoms with Gasteiger partial charge in [-0.15, -0.1) is 10.2 Å². The van der Waals surface area contributed by atoms with Gasteiger partial charge in [0.05, 0.1) is 4.90 Å². The Morgan fingerprint density at radius 3 is 2.67 bits per heavy atom. The number of aryl methyl sites for hydroxylation is 1. The second kappa shape index (κ2) is 6.29. The number of nitrogens with one attached hydrogen (secondary N) is 1. The SMILES string of the molecule is Cc1cc(S(=O)(=O)Nc2nnc(SC(C)C)s2)ccc1F. The van der Waals surface area contributed by atoms with Crippen molar-refractivity contribution in [2.24, 2.45) is 0 Å². The summed E-state index contributed by atoms with van der Waals surface area (Å²) in [5, 5.41) is 8.24. The third-order valence-corrected chi connectivity index (χ3v) is 5.80. The quantitative estimate of drug-likeness (QED) is 0.840. The van der Waals surface area contributed by atoms with Crippen LogP contribution in [0.5, 0.6) is 0 Å². The number of anilines is 1. The molecule has 0 aliphatic carbocycles. The monoisotopic (exact) mass is 347 g/mol. The van der Waals surface area contributed by atoms with E-state index >= 15 is 0 Å². The molecule has 0 radical (unpaired) electrons.